The molecule has 1 aliphatic rings. The summed E-state index contributed by atoms with van der Waals surface area (Å²) in [7, 11) is 0. The van der Waals surface area contributed by atoms with Gasteiger partial charge in [-0.1, -0.05) is 24.3 Å². The van der Waals surface area contributed by atoms with Crippen LogP contribution in [0.15, 0.2) is 61.1 Å². The van der Waals surface area contributed by atoms with Gasteiger partial charge in [-0.3, -0.25) is 0 Å². The third-order valence-electron chi connectivity index (χ3n) is 6.35. The monoisotopic (exact) mass is 422 g/mol. The maximum atomic E-state index is 9.36. The zero-order valence-corrected chi connectivity index (χ0v) is 18.6. The predicted octanol–water partition coefficient (Wildman–Crippen LogP) is 4.43. The first-order valence-electron chi connectivity index (χ1n) is 11.0. The first-order valence-corrected chi connectivity index (χ1v) is 11.0. The Balaban J connectivity index is 1.45. The average molecular weight is 423 g/mol. The van der Waals surface area contributed by atoms with Crippen LogP contribution in [0.1, 0.15) is 25.0 Å². The lowest BCUT2D eigenvalue weighted by molar-refractivity contribution is 0.432. The number of nitrogens with one attached hydrogen (secondary N) is 1. The highest BCUT2D eigenvalue weighted by atomic mass is 15.2. The summed E-state index contributed by atoms with van der Waals surface area (Å²) in [5.41, 5.74) is 7.66. The molecule has 1 fully saturated rings. The lowest BCUT2D eigenvalue weighted by atomic mass is 10.0. The molecule has 5 rings (SSSR count). The minimum Gasteiger partial charge on any atom is -0.364 e. The first kappa shape index (κ1) is 20.2. The van der Waals surface area contributed by atoms with Crippen LogP contribution in [0, 0.1) is 18.3 Å². The van der Waals surface area contributed by atoms with E-state index < -0.39 is 0 Å². The second-order valence-corrected chi connectivity index (χ2v) is 8.62. The van der Waals surface area contributed by atoms with Gasteiger partial charge >= 0.3 is 0 Å². The Labute approximate surface area is 188 Å². The molecular weight excluding hydrogens is 396 g/mol. The van der Waals surface area contributed by atoms with Crippen molar-refractivity contribution in [3.05, 3.63) is 72.2 Å². The van der Waals surface area contributed by atoms with Crippen molar-refractivity contribution in [1.29, 1.82) is 5.26 Å². The number of nitriles is 1. The van der Waals surface area contributed by atoms with Crippen LogP contribution in [0.4, 0.5) is 5.69 Å². The van der Waals surface area contributed by atoms with E-state index in [-0.39, 0.29) is 0 Å². The first-order chi connectivity index (χ1) is 15.5. The highest BCUT2D eigenvalue weighted by Gasteiger charge is 2.24. The molecule has 1 saturated heterocycles. The summed E-state index contributed by atoms with van der Waals surface area (Å²) >= 11 is 0. The third-order valence-corrected chi connectivity index (χ3v) is 6.35. The third kappa shape index (κ3) is 3.51. The van der Waals surface area contributed by atoms with Crippen molar-refractivity contribution in [2.45, 2.75) is 32.9 Å². The molecule has 0 aliphatic carbocycles. The fourth-order valence-electron chi connectivity index (χ4n) is 4.60. The van der Waals surface area contributed by atoms with Crippen LogP contribution in [0.25, 0.3) is 27.9 Å². The van der Waals surface area contributed by atoms with Gasteiger partial charge in [0.15, 0.2) is 5.65 Å². The molecule has 6 heteroatoms. The summed E-state index contributed by atoms with van der Waals surface area (Å²) in [4.78, 5) is 7.19. The molecule has 3 heterocycles. The standard InChI is InChI=1S/C26H26N6/c1-17-4-5-21(10-22(17)11-27)25-15-30-31-16-23(14-29-26(25)31)20-6-8-24(9-7-20)32-18(2)12-28-13-19(32)3/h4-10,14-16,18-19,28H,12-13H2,1-3H3/t18-,19+. The molecule has 1 aliphatic heterocycles. The molecule has 160 valence electrons. The van der Waals surface area contributed by atoms with Crippen molar-refractivity contribution in [1.82, 2.24) is 19.9 Å². The normalized spacial score (nSPS) is 18.6. The van der Waals surface area contributed by atoms with Gasteiger partial charge in [0.05, 0.1) is 17.8 Å². The highest BCUT2D eigenvalue weighted by molar-refractivity contribution is 5.79. The topological polar surface area (TPSA) is 69.2 Å². The van der Waals surface area contributed by atoms with Gasteiger partial charge in [0.2, 0.25) is 0 Å². The number of fused-ring (bicyclic) bond motifs is 1. The van der Waals surface area contributed by atoms with Gasteiger partial charge in [-0.25, -0.2) is 9.50 Å². The molecular formula is C26H26N6. The molecule has 0 unspecified atom stereocenters. The van der Waals surface area contributed by atoms with Crippen molar-refractivity contribution < 1.29 is 0 Å². The second kappa shape index (κ2) is 8.10. The molecule has 0 radical (unpaired) electrons. The molecule has 4 aromatic rings. The molecule has 0 saturated carbocycles. The van der Waals surface area contributed by atoms with E-state index in [4.69, 9.17) is 4.98 Å². The second-order valence-electron chi connectivity index (χ2n) is 8.62. The number of benzene rings is 2. The lowest BCUT2D eigenvalue weighted by Gasteiger charge is -2.41. The van der Waals surface area contributed by atoms with Crippen molar-refractivity contribution in [3.8, 4) is 28.3 Å². The van der Waals surface area contributed by atoms with Gasteiger partial charge in [0.25, 0.3) is 0 Å². The molecule has 2 aromatic carbocycles. The Morgan fingerprint density at radius 3 is 2.41 bits per heavy atom. The summed E-state index contributed by atoms with van der Waals surface area (Å²) in [5, 5.41) is 17.4. The van der Waals surface area contributed by atoms with Gasteiger partial charge < -0.3 is 10.2 Å². The Morgan fingerprint density at radius 1 is 0.969 bits per heavy atom. The summed E-state index contributed by atoms with van der Waals surface area (Å²) in [6, 6.07) is 17.8. The number of piperazine rings is 1. The highest BCUT2D eigenvalue weighted by Crippen LogP contribution is 2.29. The smallest absolute Gasteiger partial charge is 0.162 e. The van der Waals surface area contributed by atoms with E-state index >= 15 is 0 Å². The summed E-state index contributed by atoms with van der Waals surface area (Å²) in [5.74, 6) is 0. The maximum absolute atomic E-state index is 9.36. The number of anilines is 1. The quantitative estimate of drug-likeness (QED) is 0.529. The summed E-state index contributed by atoms with van der Waals surface area (Å²) in [6.07, 6.45) is 5.72. The Bertz CT molecular complexity index is 1300. The fraction of sp³-hybridized carbons (Fsp3) is 0.269. The molecule has 2 atom stereocenters. The van der Waals surface area contributed by atoms with E-state index in [0.717, 1.165) is 46.6 Å². The van der Waals surface area contributed by atoms with Crippen molar-refractivity contribution in [3.63, 3.8) is 0 Å². The van der Waals surface area contributed by atoms with Gasteiger partial charge in [-0.2, -0.15) is 10.4 Å². The Hall–Kier alpha value is -3.69. The van der Waals surface area contributed by atoms with E-state index in [2.05, 4.69) is 59.5 Å². The van der Waals surface area contributed by atoms with Gasteiger partial charge in [0.1, 0.15) is 0 Å². The average Bonchev–Trinajstić information content (AvgIpc) is 3.23. The van der Waals surface area contributed by atoms with Crippen LogP contribution < -0.4 is 10.2 Å². The van der Waals surface area contributed by atoms with Gasteiger partial charge in [0, 0.05) is 54.4 Å². The molecule has 1 N–H and O–H groups in total. The van der Waals surface area contributed by atoms with Crippen LogP contribution in [-0.4, -0.2) is 39.8 Å². The van der Waals surface area contributed by atoms with Crippen LogP contribution in [0.5, 0.6) is 0 Å². The molecule has 0 spiro atoms. The fourth-order valence-corrected chi connectivity index (χ4v) is 4.60. The van der Waals surface area contributed by atoms with E-state index in [1.54, 1.807) is 0 Å². The Kier molecular flexibility index (Phi) is 5.12. The van der Waals surface area contributed by atoms with Crippen molar-refractivity contribution >= 4 is 11.3 Å². The number of aromatic nitrogens is 3. The summed E-state index contributed by atoms with van der Waals surface area (Å²) in [6.45, 7) is 8.47. The molecule has 0 bridgehead atoms. The zero-order valence-electron chi connectivity index (χ0n) is 18.6. The summed E-state index contributed by atoms with van der Waals surface area (Å²) < 4.78 is 1.81. The zero-order chi connectivity index (χ0) is 22.2. The lowest BCUT2D eigenvalue weighted by Crippen LogP contribution is -2.55. The number of nitrogens with zero attached hydrogens (tertiary/aromatic N) is 5. The van der Waals surface area contributed by atoms with Gasteiger partial charge in [-0.05, 0) is 55.7 Å². The number of hydrogen-bond acceptors (Lipinski definition) is 5. The van der Waals surface area contributed by atoms with Crippen LogP contribution in [0.2, 0.25) is 0 Å². The van der Waals surface area contributed by atoms with E-state index in [0.29, 0.717) is 17.6 Å². The molecule has 2 aromatic heterocycles. The van der Waals surface area contributed by atoms with Crippen molar-refractivity contribution in [2.24, 2.45) is 0 Å². The number of aryl methyl sites for hydroxylation is 1. The molecule has 6 nitrogen and oxygen atoms in total. The molecule has 0 amide bonds. The van der Waals surface area contributed by atoms with Crippen LogP contribution in [0.3, 0.4) is 0 Å². The van der Waals surface area contributed by atoms with E-state index in [9.17, 15) is 5.26 Å². The maximum Gasteiger partial charge on any atom is 0.162 e. The minimum atomic E-state index is 0.466. The number of hydrogen-bond donors (Lipinski definition) is 1. The van der Waals surface area contributed by atoms with Crippen LogP contribution >= 0.6 is 0 Å². The predicted molar refractivity (Wildman–Crippen MR) is 128 cm³/mol. The minimum absolute atomic E-state index is 0.466. The Morgan fingerprint density at radius 2 is 1.69 bits per heavy atom. The van der Waals surface area contributed by atoms with E-state index in [1.165, 1.54) is 5.69 Å². The van der Waals surface area contributed by atoms with Crippen molar-refractivity contribution in [2.75, 3.05) is 18.0 Å². The number of rotatable bonds is 3. The SMILES string of the molecule is Cc1ccc(-c2cnn3cc(-c4ccc(N5[C@H](C)CNC[C@@H]5C)cc4)cnc23)cc1C#N. The molecule has 32 heavy (non-hydrogen) atoms. The van der Waals surface area contributed by atoms with E-state index in [1.807, 2.05) is 48.2 Å². The van der Waals surface area contributed by atoms with Crippen LogP contribution in [-0.2, 0) is 0 Å². The van der Waals surface area contributed by atoms with Gasteiger partial charge in [-0.15, -0.1) is 0 Å². The largest absolute Gasteiger partial charge is 0.364 e.